The van der Waals surface area contributed by atoms with Gasteiger partial charge in [0, 0.05) is 13.1 Å². The van der Waals surface area contributed by atoms with E-state index < -0.39 is 10.0 Å². The SMILES string of the molecule is O=S(=O)(CC1CC1)NCCN1CCCC1. The van der Waals surface area contributed by atoms with Crippen molar-refractivity contribution in [2.45, 2.75) is 25.7 Å². The Morgan fingerprint density at radius 3 is 2.47 bits per heavy atom. The van der Waals surface area contributed by atoms with E-state index in [9.17, 15) is 8.42 Å². The van der Waals surface area contributed by atoms with Crippen LogP contribution in [-0.2, 0) is 10.0 Å². The summed E-state index contributed by atoms with van der Waals surface area (Å²) in [5.74, 6) is 0.779. The Balaban J connectivity index is 1.63. The summed E-state index contributed by atoms with van der Waals surface area (Å²) in [5.41, 5.74) is 0. The minimum Gasteiger partial charge on any atom is -0.302 e. The summed E-state index contributed by atoms with van der Waals surface area (Å²) in [5, 5.41) is 0. The lowest BCUT2D eigenvalue weighted by Crippen LogP contribution is -2.35. The molecule has 2 aliphatic rings. The lowest BCUT2D eigenvalue weighted by Gasteiger charge is -2.14. The predicted octanol–water partition coefficient (Wildman–Crippen LogP) is 0.412. The maximum atomic E-state index is 11.5. The maximum absolute atomic E-state index is 11.5. The van der Waals surface area contributed by atoms with Gasteiger partial charge in [-0.05, 0) is 44.7 Å². The van der Waals surface area contributed by atoms with Crippen molar-refractivity contribution in [1.29, 1.82) is 0 Å². The fourth-order valence-corrected chi connectivity index (χ4v) is 3.49. The summed E-state index contributed by atoms with van der Waals surface area (Å²) in [4.78, 5) is 2.32. The van der Waals surface area contributed by atoms with E-state index >= 15 is 0 Å². The average molecular weight is 232 g/mol. The van der Waals surface area contributed by atoms with Crippen molar-refractivity contribution in [3.8, 4) is 0 Å². The van der Waals surface area contributed by atoms with Crippen LogP contribution >= 0.6 is 0 Å². The van der Waals surface area contributed by atoms with E-state index in [-0.39, 0.29) is 0 Å². The van der Waals surface area contributed by atoms with Gasteiger partial charge in [-0.15, -0.1) is 0 Å². The fraction of sp³-hybridized carbons (Fsp3) is 1.00. The predicted molar refractivity (Wildman–Crippen MR) is 60.2 cm³/mol. The topological polar surface area (TPSA) is 49.4 Å². The second-order valence-electron chi connectivity index (χ2n) is 4.67. The molecule has 5 heteroatoms. The molecule has 15 heavy (non-hydrogen) atoms. The van der Waals surface area contributed by atoms with Crippen molar-refractivity contribution in [3.05, 3.63) is 0 Å². The zero-order chi connectivity index (χ0) is 10.7. The third-order valence-electron chi connectivity index (χ3n) is 3.10. The Hall–Kier alpha value is -0.130. The van der Waals surface area contributed by atoms with Crippen LogP contribution in [0.3, 0.4) is 0 Å². The van der Waals surface area contributed by atoms with Gasteiger partial charge in [-0.1, -0.05) is 0 Å². The highest BCUT2D eigenvalue weighted by Crippen LogP contribution is 2.29. The minimum absolute atomic E-state index is 0.340. The minimum atomic E-state index is -2.99. The number of hydrogen-bond acceptors (Lipinski definition) is 3. The first-order chi connectivity index (χ1) is 7.16. The number of sulfonamides is 1. The first kappa shape index (κ1) is 11.4. The van der Waals surface area contributed by atoms with E-state index in [0.29, 0.717) is 18.2 Å². The summed E-state index contributed by atoms with van der Waals surface area (Å²) in [7, 11) is -2.99. The van der Waals surface area contributed by atoms with E-state index in [2.05, 4.69) is 9.62 Å². The van der Waals surface area contributed by atoms with Gasteiger partial charge in [-0.3, -0.25) is 0 Å². The number of hydrogen-bond donors (Lipinski definition) is 1. The second-order valence-corrected chi connectivity index (χ2v) is 6.52. The highest BCUT2D eigenvalue weighted by atomic mass is 32.2. The quantitative estimate of drug-likeness (QED) is 0.721. The van der Waals surface area contributed by atoms with Crippen molar-refractivity contribution in [1.82, 2.24) is 9.62 Å². The Morgan fingerprint density at radius 2 is 1.87 bits per heavy atom. The molecule has 4 nitrogen and oxygen atoms in total. The Morgan fingerprint density at radius 1 is 1.20 bits per heavy atom. The number of rotatable bonds is 6. The third-order valence-corrected chi connectivity index (χ3v) is 4.65. The molecule has 0 spiro atoms. The van der Waals surface area contributed by atoms with Gasteiger partial charge in [-0.2, -0.15) is 0 Å². The molecule has 1 heterocycles. The van der Waals surface area contributed by atoms with Crippen LogP contribution in [0.1, 0.15) is 25.7 Å². The number of likely N-dealkylation sites (tertiary alicyclic amines) is 1. The molecule has 0 unspecified atom stereocenters. The van der Waals surface area contributed by atoms with Gasteiger partial charge in [0.15, 0.2) is 0 Å². The maximum Gasteiger partial charge on any atom is 0.211 e. The lowest BCUT2D eigenvalue weighted by molar-refractivity contribution is 0.344. The largest absolute Gasteiger partial charge is 0.302 e. The van der Waals surface area contributed by atoms with Crippen LogP contribution in [0.2, 0.25) is 0 Å². The summed E-state index contributed by atoms with van der Waals surface area (Å²) >= 11 is 0. The standard InChI is InChI=1S/C10H20N2O2S/c13-15(14,9-10-3-4-10)11-5-8-12-6-1-2-7-12/h10-11H,1-9H2. The molecule has 1 aliphatic carbocycles. The van der Waals surface area contributed by atoms with Gasteiger partial charge in [0.05, 0.1) is 5.75 Å². The fourth-order valence-electron chi connectivity index (χ4n) is 2.02. The van der Waals surface area contributed by atoms with Gasteiger partial charge in [0.2, 0.25) is 10.0 Å². The smallest absolute Gasteiger partial charge is 0.211 e. The number of nitrogens with zero attached hydrogens (tertiary/aromatic N) is 1. The molecule has 1 N–H and O–H groups in total. The monoisotopic (exact) mass is 232 g/mol. The Kier molecular flexibility index (Phi) is 3.64. The Bertz CT molecular complexity index is 293. The first-order valence-corrected chi connectivity index (χ1v) is 7.51. The molecule has 0 aromatic heterocycles. The summed E-state index contributed by atoms with van der Waals surface area (Å²) in [6, 6.07) is 0. The summed E-state index contributed by atoms with van der Waals surface area (Å²) in [6.45, 7) is 3.70. The number of nitrogens with one attached hydrogen (secondary N) is 1. The molecule has 0 bridgehead atoms. The van der Waals surface area contributed by atoms with Crippen LogP contribution in [0.15, 0.2) is 0 Å². The van der Waals surface area contributed by atoms with E-state index in [1.54, 1.807) is 0 Å². The molecular formula is C10H20N2O2S. The lowest BCUT2D eigenvalue weighted by atomic mass is 10.4. The van der Waals surface area contributed by atoms with Crippen molar-refractivity contribution in [2.24, 2.45) is 5.92 Å². The van der Waals surface area contributed by atoms with Crippen molar-refractivity contribution in [3.63, 3.8) is 0 Å². The zero-order valence-corrected chi connectivity index (χ0v) is 9.93. The molecule has 2 fully saturated rings. The molecule has 0 amide bonds. The molecule has 2 rings (SSSR count). The van der Waals surface area contributed by atoms with Crippen LogP contribution in [0, 0.1) is 5.92 Å². The van der Waals surface area contributed by atoms with Crippen LogP contribution in [0.25, 0.3) is 0 Å². The van der Waals surface area contributed by atoms with Gasteiger partial charge < -0.3 is 4.90 Å². The molecule has 88 valence electrons. The van der Waals surface area contributed by atoms with Crippen molar-refractivity contribution >= 4 is 10.0 Å². The third kappa shape index (κ3) is 4.09. The van der Waals surface area contributed by atoms with E-state index in [4.69, 9.17) is 0 Å². The van der Waals surface area contributed by atoms with Crippen molar-refractivity contribution in [2.75, 3.05) is 31.9 Å². The normalized spacial score (nSPS) is 23.5. The highest BCUT2D eigenvalue weighted by Gasteiger charge is 2.27. The van der Waals surface area contributed by atoms with Gasteiger partial charge in [0.1, 0.15) is 0 Å². The van der Waals surface area contributed by atoms with E-state index in [1.807, 2.05) is 0 Å². The molecule has 1 saturated carbocycles. The zero-order valence-electron chi connectivity index (χ0n) is 9.11. The van der Waals surface area contributed by atoms with Crippen LogP contribution < -0.4 is 4.72 Å². The van der Waals surface area contributed by atoms with E-state index in [1.165, 1.54) is 12.8 Å². The van der Waals surface area contributed by atoms with Gasteiger partial charge in [0.25, 0.3) is 0 Å². The van der Waals surface area contributed by atoms with Crippen molar-refractivity contribution < 1.29 is 8.42 Å². The van der Waals surface area contributed by atoms with Gasteiger partial charge >= 0.3 is 0 Å². The highest BCUT2D eigenvalue weighted by molar-refractivity contribution is 7.89. The molecule has 0 aromatic rings. The molecule has 0 atom stereocenters. The van der Waals surface area contributed by atoms with E-state index in [0.717, 1.165) is 32.5 Å². The average Bonchev–Trinajstić information content (AvgIpc) is 2.81. The molecule has 1 saturated heterocycles. The Labute approximate surface area is 92.1 Å². The molecule has 0 aromatic carbocycles. The van der Waals surface area contributed by atoms with Gasteiger partial charge in [-0.25, -0.2) is 13.1 Å². The molecule has 1 aliphatic heterocycles. The summed E-state index contributed by atoms with van der Waals surface area (Å²) < 4.78 is 25.7. The van der Waals surface area contributed by atoms with Crippen LogP contribution in [-0.4, -0.2) is 45.2 Å². The first-order valence-electron chi connectivity index (χ1n) is 5.85. The summed E-state index contributed by atoms with van der Waals surface area (Å²) in [6.07, 6.45) is 4.70. The molecular weight excluding hydrogens is 212 g/mol. The van der Waals surface area contributed by atoms with Crippen LogP contribution in [0.4, 0.5) is 0 Å². The van der Waals surface area contributed by atoms with Crippen LogP contribution in [0.5, 0.6) is 0 Å². The second kappa shape index (κ2) is 4.80. The molecule has 0 radical (unpaired) electrons.